The summed E-state index contributed by atoms with van der Waals surface area (Å²) in [5, 5.41) is 6.39. The molecule has 2 fully saturated rings. The van der Waals surface area contributed by atoms with Crippen LogP contribution in [0.1, 0.15) is 40.0 Å². The summed E-state index contributed by atoms with van der Waals surface area (Å²) >= 11 is 0. The molecule has 18 nitrogen and oxygen atoms in total. The van der Waals surface area contributed by atoms with Gasteiger partial charge in [-0.15, -0.1) is 0 Å². The van der Waals surface area contributed by atoms with E-state index in [1.165, 1.54) is 0 Å². The molecule has 2 aliphatic rings. The van der Waals surface area contributed by atoms with E-state index in [0.717, 1.165) is 20.8 Å². The highest BCUT2D eigenvalue weighted by atomic mass is 31.2. The van der Waals surface area contributed by atoms with E-state index in [4.69, 9.17) is 27.1 Å². The molecule has 2 saturated heterocycles. The predicted octanol–water partition coefficient (Wildman–Crippen LogP) is -1.59. The third-order valence-corrected chi connectivity index (χ3v) is 6.17. The Bertz CT molecular complexity index is 1050. The summed E-state index contributed by atoms with van der Waals surface area (Å²) < 4.78 is 28.6. The first kappa shape index (κ1) is 30.3. The fourth-order valence-corrected chi connectivity index (χ4v) is 4.47. The summed E-state index contributed by atoms with van der Waals surface area (Å²) in [7, 11) is -5.88. The summed E-state index contributed by atoms with van der Waals surface area (Å²) in [5.74, 6) is -9.16. The number of rotatable bonds is 8. The molecule has 2 unspecified atom stereocenters. The molecule has 38 heavy (non-hydrogen) atoms. The van der Waals surface area contributed by atoms with E-state index >= 15 is 0 Å². The van der Waals surface area contributed by atoms with Gasteiger partial charge in [0.25, 0.3) is 0 Å². The first-order chi connectivity index (χ1) is 17.7. The lowest BCUT2D eigenvalue weighted by molar-refractivity contribution is -0.148. The van der Waals surface area contributed by atoms with Crippen LogP contribution in [0.25, 0.3) is 0 Å². The molecule has 20 heteroatoms. The zero-order valence-corrected chi connectivity index (χ0v) is 21.7. The Kier molecular flexibility index (Phi) is 10.8. The summed E-state index contributed by atoms with van der Waals surface area (Å²) in [6.07, 6.45) is -2.17. The van der Waals surface area contributed by atoms with Crippen molar-refractivity contribution < 1.29 is 70.3 Å². The minimum Gasteiger partial charge on any atom is -0.375 e. The van der Waals surface area contributed by atoms with Gasteiger partial charge in [0.2, 0.25) is 17.7 Å². The van der Waals surface area contributed by atoms with Crippen molar-refractivity contribution in [3.05, 3.63) is 0 Å². The lowest BCUT2D eigenvalue weighted by Crippen LogP contribution is -2.42. The third kappa shape index (κ3) is 9.86. The quantitative estimate of drug-likeness (QED) is 0.274. The molecular formula is C18H21N3O15P2. The van der Waals surface area contributed by atoms with Crippen molar-refractivity contribution >= 4 is 70.7 Å². The van der Waals surface area contributed by atoms with Crippen LogP contribution < -0.4 is 16.0 Å². The smallest absolute Gasteiger partial charge is 0.375 e. The number of hydrogen-bond acceptors (Lipinski definition) is 15. The second kappa shape index (κ2) is 13.6. The minimum atomic E-state index is -2.97. The Labute approximate surface area is 215 Å². The Morgan fingerprint density at radius 3 is 1.63 bits per heavy atom. The van der Waals surface area contributed by atoms with Crippen LogP contribution >= 0.6 is 17.2 Å². The predicted molar refractivity (Wildman–Crippen MR) is 117 cm³/mol. The van der Waals surface area contributed by atoms with Gasteiger partial charge in [-0.05, 0) is 0 Å². The summed E-state index contributed by atoms with van der Waals surface area (Å²) in [6.45, 7) is 3.16. The van der Waals surface area contributed by atoms with Gasteiger partial charge >= 0.3 is 53.0 Å². The fourth-order valence-electron chi connectivity index (χ4n) is 2.70. The lowest BCUT2D eigenvalue weighted by Gasteiger charge is -2.19. The van der Waals surface area contributed by atoms with Crippen LogP contribution in [-0.4, -0.2) is 71.7 Å². The lowest BCUT2D eigenvalue weighted by atomic mass is 10.2. The monoisotopic (exact) mass is 581 g/mol. The van der Waals surface area contributed by atoms with Gasteiger partial charge in [-0.1, -0.05) is 0 Å². The standard InChI is InChI=1S/C18H21N3O15P2/c1-7(22)19-10-4-13(25)31-37(34-16(10)28)32-14(26)5-11(20-8(2)23)17(29)35-38-33-15(27)6-12(18(30)36-38)21-9(3)24/h10-12H,4-6H2,1-3H3,(H,19,22)(H,20,23)(H,21,24)/t10-,11+,12-,37?,38?/m1/s1. The molecule has 0 radical (unpaired) electrons. The van der Waals surface area contributed by atoms with Crippen molar-refractivity contribution in [1.82, 2.24) is 16.0 Å². The maximum Gasteiger partial charge on any atom is 0.537 e. The van der Waals surface area contributed by atoms with Crippen molar-refractivity contribution in [2.24, 2.45) is 0 Å². The summed E-state index contributed by atoms with van der Waals surface area (Å²) in [5.41, 5.74) is 0. The number of carbonyl (C=O) groups excluding carboxylic acids is 9. The maximum absolute atomic E-state index is 12.6. The highest BCUT2D eigenvalue weighted by Gasteiger charge is 2.41. The van der Waals surface area contributed by atoms with Crippen molar-refractivity contribution in [2.75, 3.05) is 0 Å². The van der Waals surface area contributed by atoms with E-state index < -0.39 is 108 Å². The molecule has 0 aromatic heterocycles. The van der Waals surface area contributed by atoms with Gasteiger partial charge in [-0.25, -0.2) is 14.4 Å². The van der Waals surface area contributed by atoms with E-state index in [1.807, 2.05) is 0 Å². The Morgan fingerprint density at radius 2 is 1.21 bits per heavy atom. The van der Waals surface area contributed by atoms with E-state index in [-0.39, 0.29) is 0 Å². The number of carbonyl (C=O) groups is 9. The van der Waals surface area contributed by atoms with E-state index in [9.17, 15) is 43.2 Å². The SMILES string of the molecule is CC(=O)N[C@@H](CC(=O)OP1OC(=O)C[C@@H](NC(C)=O)C(=O)O1)C(=O)OP1OC(=O)C[C@@H](NC(C)=O)C(=O)O1. The van der Waals surface area contributed by atoms with Crippen molar-refractivity contribution in [3.8, 4) is 0 Å². The molecule has 0 saturated carbocycles. The highest BCUT2D eigenvalue weighted by Crippen LogP contribution is 2.44. The van der Waals surface area contributed by atoms with Crippen molar-refractivity contribution in [2.45, 2.75) is 58.2 Å². The molecule has 0 aliphatic carbocycles. The zero-order chi connectivity index (χ0) is 28.6. The third-order valence-electron chi connectivity index (χ3n) is 4.12. The minimum absolute atomic E-state index is 0.598. The molecule has 5 atom stereocenters. The molecular weight excluding hydrogens is 560 g/mol. The highest BCUT2D eigenvalue weighted by molar-refractivity contribution is 7.44. The molecule has 2 heterocycles. The number of amides is 3. The van der Waals surface area contributed by atoms with Gasteiger partial charge in [0.05, 0.1) is 19.3 Å². The fraction of sp³-hybridized carbons (Fsp3) is 0.500. The molecule has 0 aromatic rings. The van der Waals surface area contributed by atoms with Gasteiger partial charge in [0.15, 0.2) is 0 Å². The Hall–Kier alpha value is -3.91. The second-order valence-corrected chi connectivity index (χ2v) is 9.43. The molecule has 0 aromatic carbocycles. The van der Waals surface area contributed by atoms with Crippen LogP contribution in [0.3, 0.4) is 0 Å². The first-order valence-corrected chi connectivity index (χ1v) is 12.6. The van der Waals surface area contributed by atoms with Crippen LogP contribution in [0, 0.1) is 0 Å². The average Bonchev–Trinajstić information content (AvgIpc) is 2.96. The molecule has 2 rings (SSSR count). The zero-order valence-electron chi connectivity index (χ0n) is 19.9. The van der Waals surface area contributed by atoms with Crippen molar-refractivity contribution in [1.29, 1.82) is 0 Å². The van der Waals surface area contributed by atoms with Crippen LogP contribution in [0.4, 0.5) is 0 Å². The largest absolute Gasteiger partial charge is 0.537 e. The van der Waals surface area contributed by atoms with E-state index in [0.29, 0.717) is 0 Å². The molecule has 3 amide bonds. The Balaban J connectivity index is 2.03. The van der Waals surface area contributed by atoms with Crippen molar-refractivity contribution in [3.63, 3.8) is 0 Å². The molecule has 2 aliphatic heterocycles. The first-order valence-electron chi connectivity index (χ1n) is 10.4. The van der Waals surface area contributed by atoms with Gasteiger partial charge in [0.1, 0.15) is 18.1 Å². The maximum atomic E-state index is 12.6. The van der Waals surface area contributed by atoms with Crippen LogP contribution in [0.2, 0.25) is 0 Å². The summed E-state index contributed by atoms with van der Waals surface area (Å²) in [4.78, 5) is 107. The van der Waals surface area contributed by atoms with Gasteiger partial charge in [-0.2, -0.15) is 0 Å². The van der Waals surface area contributed by atoms with Crippen LogP contribution in [-0.2, 0) is 70.3 Å². The number of hydrogen-bond donors (Lipinski definition) is 3. The van der Waals surface area contributed by atoms with Crippen LogP contribution in [0.5, 0.6) is 0 Å². The topological polar surface area (TPSA) is 245 Å². The Morgan fingerprint density at radius 1 is 0.763 bits per heavy atom. The van der Waals surface area contributed by atoms with Crippen LogP contribution in [0.15, 0.2) is 0 Å². The second-order valence-electron chi connectivity index (χ2n) is 7.44. The normalized spacial score (nSPS) is 24.0. The van der Waals surface area contributed by atoms with E-state index in [2.05, 4.69) is 16.0 Å². The van der Waals surface area contributed by atoms with Gasteiger partial charge < -0.3 is 43.1 Å². The number of nitrogens with one attached hydrogen (secondary N) is 3. The van der Waals surface area contributed by atoms with Gasteiger partial charge in [0, 0.05) is 20.8 Å². The average molecular weight is 581 g/mol. The summed E-state index contributed by atoms with van der Waals surface area (Å²) in [6, 6.07) is -4.56. The molecule has 0 bridgehead atoms. The van der Waals surface area contributed by atoms with Gasteiger partial charge in [-0.3, -0.25) is 28.8 Å². The molecule has 0 spiro atoms. The molecule has 208 valence electrons. The molecule has 3 N–H and O–H groups in total. The van der Waals surface area contributed by atoms with E-state index in [1.54, 1.807) is 0 Å².